The van der Waals surface area contributed by atoms with Crippen LogP contribution in [0.3, 0.4) is 0 Å². The summed E-state index contributed by atoms with van der Waals surface area (Å²) in [5.74, 6) is 0.128. The Balaban J connectivity index is 1.45. The maximum absolute atomic E-state index is 12.2. The number of hydrogen-bond acceptors (Lipinski definition) is 6. The van der Waals surface area contributed by atoms with Gasteiger partial charge in [-0.15, -0.1) is 5.10 Å². The van der Waals surface area contributed by atoms with E-state index in [1.54, 1.807) is 4.68 Å². The zero-order valence-electron chi connectivity index (χ0n) is 15.2. The summed E-state index contributed by atoms with van der Waals surface area (Å²) in [4.78, 5) is 20.8. The highest BCUT2D eigenvalue weighted by molar-refractivity contribution is 8.00. The van der Waals surface area contributed by atoms with Crippen LogP contribution in [0.2, 0.25) is 0 Å². The van der Waals surface area contributed by atoms with Crippen LogP contribution < -0.4 is 5.32 Å². The van der Waals surface area contributed by atoms with Crippen molar-refractivity contribution in [1.82, 2.24) is 25.0 Å². The Labute approximate surface area is 166 Å². The third-order valence-electron chi connectivity index (χ3n) is 4.12. The Hall–Kier alpha value is -3.26. The molecular formula is C20H18N6OS. The first kappa shape index (κ1) is 18.1. The molecule has 140 valence electrons. The molecule has 0 aliphatic rings. The van der Waals surface area contributed by atoms with Crippen molar-refractivity contribution in [2.45, 2.75) is 18.5 Å². The number of nitrogens with zero attached hydrogens (tertiary/aromatic N) is 5. The third kappa shape index (κ3) is 4.17. The van der Waals surface area contributed by atoms with E-state index < -0.39 is 0 Å². The Bertz CT molecular complexity index is 1090. The van der Waals surface area contributed by atoms with Gasteiger partial charge in [-0.25, -0.2) is 14.6 Å². The molecule has 2 aromatic heterocycles. The summed E-state index contributed by atoms with van der Waals surface area (Å²) < 4.78 is 1.74. The van der Waals surface area contributed by atoms with E-state index in [0.29, 0.717) is 22.7 Å². The molecule has 8 heteroatoms. The van der Waals surface area contributed by atoms with Crippen LogP contribution in [-0.4, -0.2) is 36.6 Å². The molecule has 0 bridgehead atoms. The van der Waals surface area contributed by atoms with Crippen LogP contribution in [0.15, 0.2) is 66.0 Å². The Morgan fingerprint density at radius 3 is 2.64 bits per heavy atom. The Morgan fingerprint density at radius 1 is 1.07 bits per heavy atom. The molecule has 0 spiro atoms. The predicted octanol–water partition coefficient (Wildman–Crippen LogP) is 3.31. The minimum Gasteiger partial charge on any atom is -0.325 e. The predicted molar refractivity (Wildman–Crippen MR) is 109 cm³/mol. The average Bonchev–Trinajstić information content (AvgIpc) is 3.12. The number of aromatic nitrogens is 5. The number of carbonyl (C=O) groups is 1. The van der Waals surface area contributed by atoms with Crippen molar-refractivity contribution >= 4 is 34.5 Å². The second-order valence-corrected chi connectivity index (χ2v) is 7.25. The van der Waals surface area contributed by atoms with E-state index in [2.05, 4.69) is 25.6 Å². The van der Waals surface area contributed by atoms with Gasteiger partial charge in [-0.05, 0) is 24.6 Å². The van der Waals surface area contributed by atoms with Gasteiger partial charge < -0.3 is 5.32 Å². The number of nitrogens with one attached hydrogen (secondary N) is 1. The van der Waals surface area contributed by atoms with E-state index in [4.69, 9.17) is 0 Å². The van der Waals surface area contributed by atoms with Crippen molar-refractivity contribution in [3.63, 3.8) is 0 Å². The second kappa shape index (κ2) is 8.18. The largest absolute Gasteiger partial charge is 0.325 e. The van der Waals surface area contributed by atoms with Gasteiger partial charge in [0.15, 0.2) is 11.2 Å². The van der Waals surface area contributed by atoms with E-state index in [1.807, 2.05) is 61.5 Å². The van der Waals surface area contributed by atoms with Gasteiger partial charge in [0.1, 0.15) is 11.4 Å². The molecule has 7 nitrogen and oxygen atoms in total. The number of carbonyl (C=O) groups excluding carboxylic acids is 1. The topological polar surface area (TPSA) is 85.6 Å². The monoisotopic (exact) mass is 390 g/mol. The second-order valence-electron chi connectivity index (χ2n) is 6.29. The van der Waals surface area contributed by atoms with Crippen LogP contribution in [0, 0.1) is 6.92 Å². The minimum absolute atomic E-state index is 0.0997. The highest BCUT2D eigenvalue weighted by atomic mass is 32.2. The molecule has 4 rings (SSSR count). The molecule has 0 atom stereocenters. The fraction of sp³-hybridized carbons (Fsp3) is 0.150. The summed E-state index contributed by atoms with van der Waals surface area (Å²) >= 11 is 1.32. The molecule has 4 aromatic rings. The number of benzene rings is 2. The summed E-state index contributed by atoms with van der Waals surface area (Å²) in [6.45, 7) is 2.58. The van der Waals surface area contributed by atoms with Crippen LogP contribution in [-0.2, 0) is 11.3 Å². The molecular weight excluding hydrogens is 372 g/mol. The maximum atomic E-state index is 12.2. The first-order valence-electron chi connectivity index (χ1n) is 8.76. The van der Waals surface area contributed by atoms with E-state index >= 15 is 0 Å². The molecule has 0 fully saturated rings. The minimum atomic E-state index is -0.0997. The summed E-state index contributed by atoms with van der Waals surface area (Å²) in [5.41, 5.74) is 4.29. The number of amides is 1. The van der Waals surface area contributed by atoms with Crippen molar-refractivity contribution in [1.29, 1.82) is 0 Å². The lowest BCUT2D eigenvalue weighted by atomic mass is 10.2. The van der Waals surface area contributed by atoms with Gasteiger partial charge in [0.25, 0.3) is 0 Å². The molecule has 2 aromatic carbocycles. The lowest BCUT2D eigenvalue weighted by Crippen LogP contribution is -2.14. The summed E-state index contributed by atoms with van der Waals surface area (Å²) in [6.07, 6.45) is 1.48. The molecule has 28 heavy (non-hydrogen) atoms. The fourth-order valence-electron chi connectivity index (χ4n) is 2.71. The van der Waals surface area contributed by atoms with E-state index in [0.717, 1.165) is 16.8 Å². The van der Waals surface area contributed by atoms with E-state index in [1.165, 1.54) is 18.1 Å². The number of hydrogen-bond donors (Lipinski definition) is 1. The highest BCUT2D eigenvalue weighted by Crippen LogP contribution is 2.23. The van der Waals surface area contributed by atoms with Gasteiger partial charge >= 0.3 is 0 Å². The van der Waals surface area contributed by atoms with Gasteiger partial charge in [0.05, 0.1) is 12.3 Å². The zero-order chi connectivity index (χ0) is 19.3. The molecule has 0 radical (unpaired) electrons. The number of aryl methyl sites for hydroxylation is 1. The Kier molecular flexibility index (Phi) is 5.29. The highest BCUT2D eigenvalue weighted by Gasteiger charge is 2.14. The summed E-state index contributed by atoms with van der Waals surface area (Å²) in [6, 6.07) is 17.7. The van der Waals surface area contributed by atoms with Crippen LogP contribution >= 0.6 is 11.8 Å². The number of rotatable bonds is 6. The standard InChI is InChI=1S/C20H18N6OS/c1-14-7-9-16(10-8-14)23-17(27)12-28-20-18-19(21-13-22-20)26(25-24-18)11-15-5-3-2-4-6-15/h2-10,13H,11-12H2,1H3,(H,23,27). The van der Waals surface area contributed by atoms with Crippen molar-refractivity contribution in [3.05, 3.63) is 72.1 Å². The van der Waals surface area contributed by atoms with Crippen LogP contribution in [0.4, 0.5) is 5.69 Å². The first-order valence-corrected chi connectivity index (χ1v) is 9.75. The van der Waals surface area contributed by atoms with Gasteiger partial charge in [-0.3, -0.25) is 4.79 Å². The first-order chi connectivity index (χ1) is 13.7. The number of anilines is 1. The lowest BCUT2D eigenvalue weighted by Gasteiger charge is -2.05. The lowest BCUT2D eigenvalue weighted by molar-refractivity contribution is -0.113. The van der Waals surface area contributed by atoms with Crippen molar-refractivity contribution in [3.8, 4) is 0 Å². The van der Waals surface area contributed by atoms with Crippen LogP contribution in [0.5, 0.6) is 0 Å². The van der Waals surface area contributed by atoms with Gasteiger partial charge in [-0.1, -0.05) is 65.0 Å². The SMILES string of the molecule is Cc1ccc(NC(=O)CSc2ncnc3c2nnn3Cc2ccccc2)cc1. The molecule has 2 heterocycles. The molecule has 1 amide bonds. The summed E-state index contributed by atoms with van der Waals surface area (Å²) in [7, 11) is 0. The third-order valence-corrected chi connectivity index (χ3v) is 5.10. The van der Waals surface area contributed by atoms with Crippen molar-refractivity contribution < 1.29 is 4.79 Å². The number of thioether (sulfide) groups is 1. The molecule has 1 N–H and O–H groups in total. The maximum Gasteiger partial charge on any atom is 0.234 e. The molecule has 0 unspecified atom stereocenters. The number of fused-ring (bicyclic) bond motifs is 1. The van der Waals surface area contributed by atoms with Crippen molar-refractivity contribution in [2.75, 3.05) is 11.1 Å². The average molecular weight is 390 g/mol. The van der Waals surface area contributed by atoms with E-state index in [-0.39, 0.29) is 11.7 Å². The molecule has 0 aliphatic heterocycles. The Morgan fingerprint density at radius 2 is 1.86 bits per heavy atom. The van der Waals surface area contributed by atoms with Crippen LogP contribution in [0.25, 0.3) is 11.2 Å². The van der Waals surface area contributed by atoms with Crippen LogP contribution in [0.1, 0.15) is 11.1 Å². The molecule has 0 saturated carbocycles. The molecule has 0 aliphatic carbocycles. The quantitative estimate of drug-likeness (QED) is 0.402. The molecule has 0 saturated heterocycles. The summed E-state index contributed by atoms with van der Waals surface area (Å²) in [5, 5.41) is 11.9. The van der Waals surface area contributed by atoms with Gasteiger partial charge in [-0.2, -0.15) is 0 Å². The fourth-order valence-corrected chi connectivity index (χ4v) is 3.44. The van der Waals surface area contributed by atoms with E-state index in [9.17, 15) is 4.79 Å². The van der Waals surface area contributed by atoms with Gasteiger partial charge in [0, 0.05) is 5.69 Å². The van der Waals surface area contributed by atoms with Gasteiger partial charge in [0.2, 0.25) is 5.91 Å². The smallest absolute Gasteiger partial charge is 0.234 e. The van der Waals surface area contributed by atoms with Crippen molar-refractivity contribution in [2.24, 2.45) is 0 Å². The zero-order valence-corrected chi connectivity index (χ0v) is 16.1. The normalized spacial score (nSPS) is 10.9.